The molecule has 0 radical (unpaired) electrons. The van der Waals surface area contributed by atoms with Crippen LogP contribution in [-0.4, -0.2) is 33.2 Å². The van der Waals surface area contributed by atoms with Crippen molar-refractivity contribution in [2.45, 2.75) is 18.9 Å². The number of amides is 1. The fourth-order valence-electron chi connectivity index (χ4n) is 2.71. The number of carbonyl (C=O) groups is 1. The van der Waals surface area contributed by atoms with Gasteiger partial charge in [0.25, 0.3) is 5.91 Å². The van der Waals surface area contributed by atoms with E-state index < -0.39 is 11.7 Å². The third-order valence-corrected chi connectivity index (χ3v) is 4.19. The highest BCUT2D eigenvalue weighted by molar-refractivity contribution is 6.06. The summed E-state index contributed by atoms with van der Waals surface area (Å²) in [4.78, 5) is 12.4. The molecule has 1 aliphatic carbocycles. The van der Waals surface area contributed by atoms with Crippen molar-refractivity contribution < 1.29 is 13.9 Å². The highest BCUT2D eigenvalue weighted by Crippen LogP contribution is 2.36. The fraction of sp³-hybridized carbons (Fsp3) is 0.222. The van der Waals surface area contributed by atoms with Gasteiger partial charge >= 0.3 is 0 Å². The van der Waals surface area contributed by atoms with Gasteiger partial charge in [0.15, 0.2) is 5.82 Å². The Labute approximate surface area is 148 Å². The first-order valence-corrected chi connectivity index (χ1v) is 8.19. The van der Waals surface area contributed by atoms with Crippen LogP contribution in [0.1, 0.15) is 29.2 Å². The summed E-state index contributed by atoms with van der Waals surface area (Å²) in [6.07, 6.45) is 2.17. The first-order chi connectivity index (χ1) is 12.7. The lowest BCUT2D eigenvalue weighted by Crippen LogP contribution is -2.13. The van der Waals surface area contributed by atoms with Crippen molar-refractivity contribution in [3.8, 4) is 17.1 Å². The van der Waals surface area contributed by atoms with Gasteiger partial charge in [-0.3, -0.25) is 4.79 Å². The van der Waals surface area contributed by atoms with Gasteiger partial charge in [0.1, 0.15) is 11.6 Å². The van der Waals surface area contributed by atoms with Crippen molar-refractivity contribution in [1.29, 1.82) is 0 Å². The average molecular weight is 353 g/mol. The van der Waals surface area contributed by atoms with Crippen LogP contribution in [0.5, 0.6) is 5.75 Å². The van der Waals surface area contributed by atoms with Crippen LogP contribution < -0.4 is 10.1 Å². The van der Waals surface area contributed by atoms with Crippen molar-refractivity contribution in [1.82, 2.24) is 20.2 Å². The summed E-state index contributed by atoms with van der Waals surface area (Å²) in [5.74, 6) is 0.0661. The smallest absolute Gasteiger partial charge is 0.259 e. The van der Waals surface area contributed by atoms with E-state index in [1.54, 1.807) is 12.1 Å². The minimum Gasteiger partial charge on any atom is -0.496 e. The molecule has 1 saturated carbocycles. The van der Waals surface area contributed by atoms with Crippen LogP contribution >= 0.6 is 0 Å². The van der Waals surface area contributed by atoms with Crippen molar-refractivity contribution in [2.24, 2.45) is 0 Å². The molecule has 0 spiro atoms. The number of nitrogens with one attached hydrogen (secondary N) is 1. The quantitative estimate of drug-likeness (QED) is 0.762. The number of halogens is 1. The fourth-order valence-corrected chi connectivity index (χ4v) is 2.71. The number of hydrogen-bond donors (Lipinski definition) is 1. The summed E-state index contributed by atoms with van der Waals surface area (Å²) in [7, 11) is 1.43. The van der Waals surface area contributed by atoms with E-state index in [0.717, 1.165) is 24.5 Å². The highest BCUT2D eigenvalue weighted by Gasteiger charge is 2.28. The lowest BCUT2D eigenvalue weighted by molar-refractivity contribution is 0.102. The summed E-state index contributed by atoms with van der Waals surface area (Å²) in [6.45, 7) is 0. The van der Waals surface area contributed by atoms with Gasteiger partial charge in [0.2, 0.25) is 0 Å². The molecular formula is C18H16FN5O2. The summed E-state index contributed by atoms with van der Waals surface area (Å²) in [6, 6.07) is 11.4. The Morgan fingerprint density at radius 1 is 1.23 bits per heavy atom. The number of rotatable bonds is 5. The Kier molecular flexibility index (Phi) is 4.08. The number of hydrogen-bond acceptors (Lipinski definition) is 5. The third-order valence-electron chi connectivity index (χ3n) is 4.19. The number of tetrazole rings is 1. The second kappa shape index (κ2) is 6.55. The zero-order valence-corrected chi connectivity index (χ0v) is 14.0. The number of aromatic nitrogens is 4. The SMILES string of the molecule is COc1ccc(F)cc1C(=O)Nc1ccc(-c2nnnn2C2CC2)cc1. The summed E-state index contributed by atoms with van der Waals surface area (Å²) in [5.41, 5.74) is 1.58. The maximum atomic E-state index is 13.4. The second-order valence-corrected chi connectivity index (χ2v) is 6.05. The summed E-state index contributed by atoms with van der Waals surface area (Å²) >= 11 is 0. The monoisotopic (exact) mass is 353 g/mol. The van der Waals surface area contributed by atoms with E-state index in [4.69, 9.17) is 4.74 Å². The van der Waals surface area contributed by atoms with Crippen LogP contribution in [-0.2, 0) is 0 Å². The number of carbonyl (C=O) groups excluding carboxylic acids is 1. The third kappa shape index (κ3) is 3.13. The van der Waals surface area contributed by atoms with E-state index in [2.05, 4.69) is 20.8 Å². The largest absolute Gasteiger partial charge is 0.496 e. The molecule has 2 aromatic carbocycles. The Balaban J connectivity index is 1.53. The molecule has 0 unspecified atom stereocenters. The van der Waals surface area contributed by atoms with Crippen molar-refractivity contribution in [3.63, 3.8) is 0 Å². The molecule has 26 heavy (non-hydrogen) atoms. The standard InChI is InChI=1S/C18H16FN5O2/c1-26-16-9-4-12(19)10-15(16)18(25)20-13-5-2-11(3-6-13)17-21-22-23-24(17)14-7-8-14/h2-6,9-10,14H,7-8H2,1H3,(H,20,25). The number of nitrogens with zero attached hydrogens (tertiary/aromatic N) is 4. The van der Waals surface area contributed by atoms with E-state index in [1.807, 2.05) is 16.8 Å². The van der Waals surface area contributed by atoms with Gasteiger partial charge in [0.05, 0.1) is 18.7 Å². The molecule has 0 bridgehead atoms. The molecule has 1 heterocycles. The molecule has 4 rings (SSSR count). The zero-order chi connectivity index (χ0) is 18.1. The van der Waals surface area contributed by atoms with Crippen LogP contribution in [0.2, 0.25) is 0 Å². The summed E-state index contributed by atoms with van der Waals surface area (Å²) < 4.78 is 20.4. The lowest BCUT2D eigenvalue weighted by atomic mass is 10.1. The van der Waals surface area contributed by atoms with Crippen molar-refractivity contribution in [2.75, 3.05) is 12.4 Å². The van der Waals surface area contributed by atoms with Crippen LogP contribution in [0.3, 0.4) is 0 Å². The Morgan fingerprint density at radius 3 is 2.69 bits per heavy atom. The molecule has 1 N–H and O–H groups in total. The van der Waals surface area contributed by atoms with Crippen molar-refractivity contribution in [3.05, 3.63) is 53.8 Å². The first kappa shape index (κ1) is 16.2. The van der Waals surface area contributed by atoms with Gasteiger partial charge < -0.3 is 10.1 Å². The van der Waals surface area contributed by atoms with E-state index in [9.17, 15) is 9.18 Å². The van der Waals surface area contributed by atoms with Crippen LogP contribution in [0.25, 0.3) is 11.4 Å². The molecule has 0 saturated heterocycles. The molecule has 1 aliphatic rings. The first-order valence-electron chi connectivity index (χ1n) is 8.19. The van der Waals surface area contributed by atoms with Gasteiger partial charge in [-0.15, -0.1) is 5.10 Å². The normalized spacial score (nSPS) is 13.5. The molecule has 1 aromatic heterocycles. The predicted octanol–water partition coefficient (Wildman–Crippen LogP) is 3.08. The Hall–Kier alpha value is -3.29. The van der Waals surface area contributed by atoms with Gasteiger partial charge in [-0.05, 0) is 65.7 Å². The van der Waals surface area contributed by atoms with Gasteiger partial charge in [0, 0.05) is 11.3 Å². The molecule has 0 aliphatic heterocycles. The number of benzene rings is 2. The molecule has 132 valence electrons. The topological polar surface area (TPSA) is 81.9 Å². The number of anilines is 1. The van der Waals surface area contributed by atoms with Crippen LogP contribution in [0, 0.1) is 5.82 Å². The maximum absolute atomic E-state index is 13.4. The second-order valence-electron chi connectivity index (χ2n) is 6.05. The Bertz CT molecular complexity index is 950. The minimum atomic E-state index is -0.502. The number of ether oxygens (including phenoxy) is 1. The van der Waals surface area contributed by atoms with E-state index in [-0.39, 0.29) is 5.56 Å². The zero-order valence-electron chi connectivity index (χ0n) is 14.0. The minimum absolute atomic E-state index is 0.134. The van der Waals surface area contributed by atoms with E-state index >= 15 is 0 Å². The predicted molar refractivity (Wildman–Crippen MR) is 92.4 cm³/mol. The summed E-state index contributed by atoms with van der Waals surface area (Å²) in [5, 5.41) is 14.6. The molecule has 1 amide bonds. The molecule has 3 aromatic rings. The van der Waals surface area contributed by atoms with E-state index in [0.29, 0.717) is 23.3 Å². The molecule has 7 nitrogen and oxygen atoms in total. The molecule has 0 atom stereocenters. The Morgan fingerprint density at radius 2 is 2.00 bits per heavy atom. The molecule has 1 fully saturated rings. The van der Waals surface area contributed by atoms with Crippen molar-refractivity contribution >= 4 is 11.6 Å². The highest BCUT2D eigenvalue weighted by atomic mass is 19.1. The van der Waals surface area contributed by atoms with Gasteiger partial charge in [-0.2, -0.15) is 0 Å². The maximum Gasteiger partial charge on any atom is 0.259 e. The molecular weight excluding hydrogens is 337 g/mol. The van der Waals surface area contributed by atoms with Crippen LogP contribution in [0.4, 0.5) is 10.1 Å². The molecule has 8 heteroatoms. The van der Waals surface area contributed by atoms with E-state index in [1.165, 1.54) is 19.2 Å². The number of methoxy groups -OCH3 is 1. The van der Waals surface area contributed by atoms with Crippen LogP contribution in [0.15, 0.2) is 42.5 Å². The average Bonchev–Trinajstić information content (AvgIpc) is 3.39. The lowest BCUT2D eigenvalue weighted by Gasteiger charge is -2.10. The van der Waals surface area contributed by atoms with Gasteiger partial charge in [-0.1, -0.05) is 0 Å². The van der Waals surface area contributed by atoms with Gasteiger partial charge in [-0.25, -0.2) is 9.07 Å².